The summed E-state index contributed by atoms with van der Waals surface area (Å²) < 4.78 is 5.48. The fourth-order valence-corrected chi connectivity index (χ4v) is 1.55. The molecule has 98 valence electrons. The number of carbonyl (C=O) groups excluding carboxylic acids is 1. The fraction of sp³-hybridized carbons (Fsp3) is 0.154. The predicted octanol–water partition coefficient (Wildman–Crippen LogP) is 2.54. The van der Waals surface area contributed by atoms with E-state index < -0.39 is 6.10 Å². The SMILES string of the molecule is C[C@H](Oc1cccc(Cl)c1)C(=O)Nc1ncccn1. The first kappa shape index (κ1) is 13.3. The Kier molecular flexibility index (Phi) is 4.30. The van der Waals surface area contributed by atoms with Crippen LogP contribution in [-0.4, -0.2) is 22.0 Å². The molecule has 0 saturated heterocycles. The Hall–Kier alpha value is -2.14. The Bertz CT molecular complexity index is 563. The summed E-state index contributed by atoms with van der Waals surface area (Å²) in [7, 11) is 0. The van der Waals surface area contributed by atoms with E-state index in [2.05, 4.69) is 15.3 Å². The lowest BCUT2D eigenvalue weighted by molar-refractivity contribution is -0.122. The normalized spacial score (nSPS) is 11.7. The van der Waals surface area contributed by atoms with Crippen molar-refractivity contribution in [3.05, 3.63) is 47.7 Å². The van der Waals surface area contributed by atoms with Crippen molar-refractivity contribution in [3.63, 3.8) is 0 Å². The van der Waals surface area contributed by atoms with Gasteiger partial charge in [-0.15, -0.1) is 0 Å². The lowest BCUT2D eigenvalue weighted by atomic mass is 10.3. The Morgan fingerprint density at radius 2 is 2.05 bits per heavy atom. The van der Waals surface area contributed by atoms with Crippen LogP contribution in [0.5, 0.6) is 5.75 Å². The Morgan fingerprint density at radius 1 is 1.32 bits per heavy atom. The Labute approximate surface area is 115 Å². The molecule has 0 bridgehead atoms. The number of halogens is 1. The molecule has 0 aliphatic carbocycles. The van der Waals surface area contributed by atoms with Crippen LogP contribution in [-0.2, 0) is 4.79 Å². The second-order valence-electron chi connectivity index (χ2n) is 3.78. The summed E-state index contributed by atoms with van der Waals surface area (Å²) in [5, 5.41) is 3.11. The van der Waals surface area contributed by atoms with Gasteiger partial charge in [0.05, 0.1) is 0 Å². The first-order valence-corrected chi connectivity index (χ1v) is 6.03. The molecule has 6 heteroatoms. The summed E-state index contributed by atoms with van der Waals surface area (Å²) in [6.45, 7) is 1.64. The molecule has 1 heterocycles. The van der Waals surface area contributed by atoms with Gasteiger partial charge in [-0.3, -0.25) is 10.1 Å². The third-order valence-corrected chi connectivity index (χ3v) is 2.51. The number of nitrogens with zero attached hydrogens (tertiary/aromatic N) is 2. The first-order chi connectivity index (χ1) is 9.15. The summed E-state index contributed by atoms with van der Waals surface area (Å²) >= 11 is 5.84. The van der Waals surface area contributed by atoms with Gasteiger partial charge in [0.1, 0.15) is 5.75 Å². The van der Waals surface area contributed by atoms with Crippen molar-refractivity contribution in [2.75, 3.05) is 5.32 Å². The van der Waals surface area contributed by atoms with Gasteiger partial charge in [0, 0.05) is 17.4 Å². The molecule has 5 nitrogen and oxygen atoms in total. The molecule has 0 saturated carbocycles. The van der Waals surface area contributed by atoms with E-state index in [-0.39, 0.29) is 11.9 Å². The molecular formula is C13H12ClN3O2. The molecule has 2 rings (SSSR count). The average Bonchev–Trinajstić information content (AvgIpc) is 2.40. The molecule has 19 heavy (non-hydrogen) atoms. The zero-order valence-corrected chi connectivity index (χ0v) is 11.0. The summed E-state index contributed by atoms with van der Waals surface area (Å²) in [4.78, 5) is 19.7. The largest absolute Gasteiger partial charge is 0.481 e. The standard InChI is InChI=1S/C13H12ClN3O2/c1-9(19-11-5-2-4-10(14)8-11)12(18)17-13-15-6-3-7-16-13/h2-9H,1H3,(H,15,16,17,18)/t9-/m0/s1. The molecule has 0 spiro atoms. The van der Waals surface area contributed by atoms with Gasteiger partial charge in [0.25, 0.3) is 5.91 Å². The van der Waals surface area contributed by atoms with E-state index in [4.69, 9.17) is 16.3 Å². The number of nitrogens with one attached hydrogen (secondary N) is 1. The molecule has 1 atom stereocenters. The van der Waals surface area contributed by atoms with E-state index in [0.717, 1.165) is 0 Å². The van der Waals surface area contributed by atoms with Crippen molar-refractivity contribution < 1.29 is 9.53 Å². The number of aromatic nitrogens is 2. The van der Waals surface area contributed by atoms with E-state index >= 15 is 0 Å². The quantitative estimate of drug-likeness (QED) is 0.933. The van der Waals surface area contributed by atoms with Crippen LogP contribution < -0.4 is 10.1 Å². The molecule has 1 aromatic heterocycles. The van der Waals surface area contributed by atoms with Crippen molar-refractivity contribution in [2.24, 2.45) is 0 Å². The van der Waals surface area contributed by atoms with E-state index in [1.165, 1.54) is 0 Å². The van der Waals surface area contributed by atoms with E-state index in [1.807, 2.05) is 0 Å². The molecule has 1 N–H and O–H groups in total. The molecular weight excluding hydrogens is 266 g/mol. The third kappa shape index (κ3) is 3.93. The number of benzene rings is 1. The van der Waals surface area contributed by atoms with Crippen molar-refractivity contribution in [1.29, 1.82) is 0 Å². The van der Waals surface area contributed by atoms with Crippen molar-refractivity contribution in [1.82, 2.24) is 9.97 Å². The van der Waals surface area contributed by atoms with Crippen LogP contribution in [0.1, 0.15) is 6.92 Å². The molecule has 0 aliphatic heterocycles. The van der Waals surface area contributed by atoms with Gasteiger partial charge < -0.3 is 4.74 Å². The van der Waals surface area contributed by atoms with Gasteiger partial charge in [-0.1, -0.05) is 17.7 Å². The second-order valence-corrected chi connectivity index (χ2v) is 4.22. The van der Waals surface area contributed by atoms with E-state index in [0.29, 0.717) is 10.8 Å². The van der Waals surface area contributed by atoms with Gasteiger partial charge in [-0.25, -0.2) is 9.97 Å². The van der Waals surface area contributed by atoms with Gasteiger partial charge in [-0.2, -0.15) is 0 Å². The van der Waals surface area contributed by atoms with Crippen LogP contribution in [0.25, 0.3) is 0 Å². The van der Waals surface area contributed by atoms with Crippen molar-refractivity contribution in [2.45, 2.75) is 13.0 Å². The highest BCUT2D eigenvalue weighted by molar-refractivity contribution is 6.30. The Morgan fingerprint density at radius 3 is 2.74 bits per heavy atom. The smallest absolute Gasteiger partial charge is 0.267 e. The fourth-order valence-electron chi connectivity index (χ4n) is 1.37. The number of ether oxygens (including phenoxy) is 1. The monoisotopic (exact) mass is 277 g/mol. The Balaban J connectivity index is 1.96. The van der Waals surface area contributed by atoms with Crippen LogP contribution in [0.3, 0.4) is 0 Å². The number of carbonyl (C=O) groups is 1. The van der Waals surface area contributed by atoms with Gasteiger partial charge >= 0.3 is 0 Å². The minimum absolute atomic E-state index is 0.244. The lowest BCUT2D eigenvalue weighted by Gasteiger charge is -2.14. The number of amides is 1. The maximum absolute atomic E-state index is 11.9. The van der Waals surface area contributed by atoms with Gasteiger partial charge in [-0.05, 0) is 31.2 Å². The minimum Gasteiger partial charge on any atom is -0.481 e. The maximum atomic E-state index is 11.9. The highest BCUT2D eigenvalue weighted by Crippen LogP contribution is 2.18. The number of hydrogen-bond acceptors (Lipinski definition) is 4. The number of hydrogen-bond donors (Lipinski definition) is 1. The second kappa shape index (κ2) is 6.15. The molecule has 0 unspecified atom stereocenters. The average molecular weight is 278 g/mol. The van der Waals surface area contributed by atoms with Crippen molar-refractivity contribution in [3.8, 4) is 5.75 Å². The van der Waals surface area contributed by atoms with Crippen LogP contribution in [0.4, 0.5) is 5.95 Å². The number of anilines is 1. The molecule has 2 aromatic rings. The molecule has 0 fully saturated rings. The van der Waals surface area contributed by atoms with E-state index in [1.54, 1.807) is 49.6 Å². The molecule has 0 radical (unpaired) electrons. The van der Waals surface area contributed by atoms with Crippen LogP contribution in [0.15, 0.2) is 42.7 Å². The predicted molar refractivity (Wildman–Crippen MR) is 72.2 cm³/mol. The minimum atomic E-state index is -0.678. The van der Waals surface area contributed by atoms with Crippen LogP contribution in [0, 0.1) is 0 Å². The lowest BCUT2D eigenvalue weighted by Crippen LogP contribution is -2.30. The topological polar surface area (TPSA) is 64.1 Å². The zero-order valence-electron chi connectivity index (χ0n) is 10.2. The van der Waals surface area contributed by atoms with E-state index in [9.17, 15) is 4.79 Å². The maximum Gasteiger partial charge on any atom is 0.267 e. The van der Waals surface area contributed by atoms with Gasteiger partial charge in [0.2, 0.25) is 5.95 Å². The summed E-state index contributed by atoms with van der Waals surface area (Å²) in [6.07, 6.45) is 2.42. The summed E-state index contributed by atoms with van der Waals surface area (Å²) in [5.41, 5.74) is 0. The zero-order chi connectivity index (χ0) is 13.7. The van der Waals surface area contributed by atoms with Crippen LogP contribution in [0.2, 0.25) is 5.02 Å². The first-order valence-electron chi connectivity index (χ1n) is 5.65. The summed E-state index contributed by atoms with van der Waals surface area (Å²) in [6, 6.07) is 8.53. The third-order valence-electron chi connectivity index (χ3n) is 2.28. The highest BCUT2D eigenvalue weighted by Gasteiger charge is 2.15. The summed E-state index contributed by atoms with van der Waals surface area (Å²) in [5.74, 6) is 0.448. The molecule has 0 aliphatic rings. The molecule has 1 aromatic carbocycles. The van der Waals surface area contributed by atoms with Crippen molar-refractivity contribution >= 4 is 23.5 Å². The molecule has 1 amide bonds. The highest BCUT2D eigenvalue weighted by atomic mass is 35.5. The van der Waals surface area contributed by atoms with Gasteiger partial charge in [0.15, 0.2) is 6.10 Å². The van der Waals surface area contributed by atoms with Crippen LogP contribution >= 0.6 is 11.6 Å². The number of rotatable bonds is 4.